The molecule has 1 saturated heterocycles. The number of hydrogen-bond donors (Lipinski definition) is 3. The number of nitriles is 2. The van der Waals surface area contributed by atoms with Gasteiger partial charge in [-0.3, -0.25) is 4.79 Å². The van der Waals surface area contributed by atoms with E-state index < -0.39 is 6.10 Å². The van der Waals surface area contributed by atoms with Gasteiger partial charge >= 0.3 is 0 Å². The second kappa shape index (κ2) is 9.49. The molecule has 2 aromatic heterocycles. The molecule has 13 heteroatoms. The molecule has 2 aliphatic rings. The van der Waals surface area contributed by atoms with Crippen molar-refractivity contribution < 1.29 is 9.90 Å². The Bertz CT molecular complexity index is 1410. The van der Waals surface area contributed by atoms with Crippen LogP contribution in [-0.4, -0.2) is 73.8 Å². The first-order valence-corrected chi connectivity index (χ1v) is 11.9. The molecule has 1 amide bonds. The lowest BCUT2D eigenvalue weighted by molar-refractivity contribution is -0.139. The number of imidazole rings is 1. The molecule has 3 N–H and O–H groups in total. The van der Waals surface area contributed by atoms with Crippen LogP contribution in [0.1, 0.15) is 31.0 Å². The summed E-state index contributed by atoms with van der Waals surface area (Å²) in [6, 6.07) is 7.84. The van der Waals surface area contributed by atoms with Crippen molar-refractivity contribution in [2.45, 2.75) is 31.9 Å². The van der Waals surface area contributed by atoms with Crippen molar-refractivity contribution in [3.8, 4) is 12.1 Å². The minimum absolute atomic E-state index is 0.190. The summed E-state index contributed by atoms with van der Waals surface area (Å²) in [6.07, 6.45) is 2.45. The van der Waals surface area contributed by atoms with Crippen LogP contribution in [0.25, 0.3) is 5.65 Å². The number of carbonyl (C=O) groups is 1. The second-order valence-corrected chi connectivity index (χ2v) is 9.15. The molecule has 3 aromatic rings. The lowest BCUT2D eigenvalue weighted by Gasteiger charge is -2.37. The molecular formula is C23H23ClN10O2. The number of nitrogens with one attached hydrogen (secondary N) is 2. The van der Waals surface area contributed by atoms with E-state index in [0.29, 0.717) is 65.6 Å². The van der Waals surface area contributed by atoms with Crippen molar-refractivity contribution in [3.63, 3.8) is 0 Å². The number of nitrogens with zero attached hydrogens (tertiary/aromatic N) is 8. The Morgan fingerprint density at radius 1 is 1.22 bits per heavy atom. The number of piperazine rings is 1. The van der Waals surface area contributed by atoms with Crippen LogP contribution in [0.15, 0.2) is 18.3 Å². The number of benzene rings is 1. The number of anilines is 4. The zero-order valence-electron chi connectivity index (χ0n) is 19.4. The predicted octanol–water partition coefficient (Wildman–Crippen LogP) is 1.87. The quantitative estimate of drug-likeness (QED) is 0.450. The number of rotatable bonds is 6. The van der Waals surface area contributed by atoms with Crippen LogP contribution < -0.4 is 15.5 Å². The molecule has 0 radical (unpaired) electrons. The lowest BCUT2D eigenvalue weighted by atomic mass is 10.1. The van der Waals surface area contributed by atoms with Gasteiger partial charge in [0.05, 0.1) is 34.2 Å². The maximum atomic E-state index is 12.1. The zero-order valence-corrected chi connectivity index (χ0v) is 20.2. The predicted molar refractivity (Wildman–Crippen MR) is 132 cm³/mol. The number of fused-ring (bicyclic) bond motifs is 1. The summed E-state index contributed by atoms with van der Waals surface area (Å²) in [6.45, 7) is 3.28. The van der Waals surface area contributed by atoms with Crippen LogP contribution in [-0.2, 0) is 4.79 Å². The summed E-state index contributed by atoms with van der Waals surface area (Å²) >= 11 is 6.78. The van der Waals surface area contributed by atoms with Crippen molar-refractivity contribution in [2.75, 3.05) is 41.7 Å². The third-order valence-corrected chi connectivity index (χ3v) is 6.51. The second-order valence-electron chi connectivity index (χ2n) is 8.78. The van der Waals surface area contributed by atoms with E-state index in [-0.39, 0.29) is 17.5 Å². The standard InChI is InChI=1S/C23H23ClN10O2/c1-13(35)22(36)33-6-4-32(5-7-33)18-9-14(10-25)8-17(19(18)24)29-23-30-20(28-15-2-3-15)21-27-12-16(11-26)34(21)31-23/h8-9,12-13,15,35H,2-7H2,1H3,(H2,28,29,30,31). The highest BCUT2D eigenvalue weighted by Crippen LogP contribution is 2.36. The van der Waals surface area contributed by atoms with Gasteiger partial charge < -0.3 is 25.5 Å². The first kappa shape index (κ1) is 23.6. The average molecular weight is 507 g/mol. The van der Waals surface area contributed by atoms with Gasteiger partial charge in [-0.25, -0.2) is 4.98 Å². The third kappa shape index (κ3) is 4.56. The summed E-state index contributed by atoms with van der Waals surface area (Å²) in [5, 5.41) is 39.9. The Hall–Kier alpha value is -4.13. The van der Waals surface area contributed by atoms with Gasteiger partial charge in [-0.1, -0.05) is 11.6 Å². The molecule has 1 atom stereocenters. The lowest BCUT2D eigenvalue weighted by Crippen LogP contribution is -2.51. The van der Waals surface area contributed by atoms with E-state index in [1.165, 1.54) is 17.6 Å². The molecule has 1 aliphatic carbocycles. The van der Waals surface area contributed by atoms with Gasteiger partial charge in [0.15, 0.2) is 17.2 Å². The van der Waals surface area contributed by atoms with Gasteiger partial charge in [-0.05, 0) is 31.9 Å². The third-order valence-electron chi connectivity index (χ3n) is 6.11. The van der Waals surface area contributed by atoms with Crippen molar-refractivity contribution in [3.05, 3.63) is 34.6 Å². The van der Waals surface area contributed by atoms with Gasteiger partial charge in [0.2, 0.25) is 5.95 Å². The molecule has 184 valence electrons. The van der Waals surface area contributed by atoms with Gasteiger partial charge in [0.1, 0.15) is 12.2 Å². The normalized spacial score (nSPS) is 16.4. The number of hydrogen-bond acceptors (Lipinski definition) is 10. The minimum Gasteiger partial charge on any atom is -0.384 e. The van der Waals surface area contributed by atoms with Crippen molar-refractivity contribution in [1.29, 1.82) is 10.5 Å². The number of aromatic nitrogens is 4. The topological polar surface area (TPSA) is 158 Å². The van der Waals surface area contributed by atoms with E-state index in [9.17, 15) is 20.4 Å². The number of halogens is 1. The SMILES string of the molecule is CC(O)C(=O)N1CCN(c2cc(C#N)cc(Nc3nc(NC4CC4)c4ncc(C#N)n4n3)c2Cl)CC1. The van der Waals surface area contributed by atoms with Gasteiger partial charge in [-0.15, -0.1) is 5.10 Å². The Balaban J connectivity index is 1.46. The zero-order chi connectivity index (χ0) is 25.4. The maximum Gasteiger partial charge on any atom is 0.251 e. The van der Waals surface area contributed by atoms with Crippen LogP contribution in [0.3, 0.4) is 0 Å². The first-order valence-electron chi connectivity index (χ1n) is 11.5. The fourth-order valence-electron chi connectivity index (χ4n) is 4.08. The fraction of sp³-hybridized carbons (Fsp3) is 0.391. The van der Waals surface area contributed by atoms with Crippen LogP contribution >= 0.6 is 11.6 Å². The van der Waals surface area contributed by atoms with E-state index in [1.54, 1.807) is 17.0 Å². The summed E-state index contributed by atoms with van der Waals surface area (Å²) in [7, 11) is 0. The maximum absolute atomic E-state index is 12.1. The van der Waals surface area contributed by atoms with Crippen LogP contribution in [0.4, 0.5) is 23.1 Å². The number of aliphatic hydroxyl groups is 1. The van der Waals surface area contributed by atoms with Gasteiger partial charge in [0, 0.05) is 32.2 Å². The summed E-state index contributed by atoms with van der Waals surface area (Å²) in [4.78, 5) is 24.6. The number of carbonyl (C=O) groups excluding carboxylic acids is 1. The van der Waals surface area contributed by atoms with Gasteiger partial charge in [0.25, 0.3) is 5.91 Å². The van der Waals surface area contributed by atoms with E-state index in [0.717, 1.165) is 12.8 Å². The summed E-state index contributed by atoms with van der Waals surface area (Å²) in [5.41, 5.74) is 2.17. The summed E-state index contributed by atoms with van der Waals surface area (Å²) in [5.74, 6) is 0.381. The van der Waals surface area contributed by atoms with E-state index in [2.05, 4.69) is 37.8 Å². The van der Waals surface area contributed by atoms with E-state index in [4.69, 9.17) is 11.6 Å². The van der Waals surface area contributed by atoms with E-state index >= 15 is 0 Å². The molecule has 3 heterocycles. The first-order chi connectivity index (χ1) is 17.4. The Kier molecular flexibility index (Phi) is 6.22. The molecule has 1 aliphatic heterocycles. The molecular weight excluding hydrogens is 484 g/mol. The van der Waals surface area contributed by atoms with Crippen molar-refractivity contribution >= 4 is 46.3 Å². The highest BCUT2D eigenvalue weighted by molar-refractivity contribution is 6.36. The number of aliphatic hydroxyl groups excluding tert-OH is 1. The van der Waals surface area contributed by atoms with Crippen LogP contribution in [0.5, 0.6) is 0 Å². The molecule has 1 unspecified atom stereocenters. The van der Waals surface area contributed by atoms with Crippen molar-refractivity contribution in [2.24, 2.45) is 0 Å². The minimum atomic E-state index is -1.05. The van der Waals surface area contributed by atoms with Crippen LogP contribution in [0.2, 0.25) is 5.02 Å². The molecule has 2 fully saturated rings. The van der Waals surface area contributed by atoms with E-state index in [1.807, 2.05) is 4.90 Å². The highest BCUT2D eigenvalue weighted by atomic mass is 35.5. The largest absolute Gasteiger partial charge is 0.384 e. The highest BCUT2D eigenvalue weighted by Gasteiger charge is 2.27. The molecule has 5 rings (SSSR count). The molecule has 12 nitrogen and oxygen atoms in total. The summed E-state index contributed by atoms with van der Waals surface area (Å²) < 4.78 is 1.42. The molecule has 0 bridgehead atoms. The number of amides is 1. The fourth-order valence-corrected chi connectivity index (χ4v) is 4.35. The molecule has 0 spiro atoms. The van der Waals surface area contributed by atoms with Gasteiger partial charge in [-0.2, -0.15) is 20.0 Å². The molecule has 36 heavy (non-hydrogen) atoms. The van der Waals surface area contributed by atoms with Crippen molar-refractivity contribution in [1.82, 2.24) is 24.5 Å². The Morgan fingerprint density at radius 2 is 1.97 bits per heavy atom. The molecule has 1 saturated carbocycles. The monoisotopic (exact) mass is 506 g/mol. The van der Waals surface area contributed by atoms with Crippen LogP contribution in [0, 0.1) is 22.7 Å². The smallest absolute Gasteiger partial charge is 0.251 e. The molecule has 1 aromatic carbocycles. The Morgan fingerprint density at radius 3 is 2.61 bits per heavy atom. The average Bonchev–Trinajstić information content (AvgIpc) is 3.60. The Labute approximate surface area is 211 Å².